The van der Waals surface area contributed by atoms with Crippen LogP contribution in [0, 0.1) is 11.3 Å². The van der Waals surface area contributed by atoms with Crippen molar-refractivity contribution < 1.29 is 18.0 Å². The lowest BCUT2D eigenvalue weighted by Crippen LogP contribution is -2.48. The molecule has 0 spiro atoms. The predicted octanol–water partition coefficient (Wildman–Crippen LogP) is 6.47. The number of unbranched alkanes of at least 4 members (excludes halogenated alkanes) is 1. The first-order valence-electron chi connectivity index (χ1n) is 10.3. The third kappa shape index (κ3) is 5.02. The summed E-state index contributed by atoms with van der Waals surface area (Å²) in [4.78, 5) is 6.18. The van der Waals surface area contributed by atoms with Gasteiger partial charge < -0.3 is 4.84 Å². The van der Waals surface area contributed by atoms with Gasteiger partial charge in [0.2, 0.25) is 0 Å². The molecule has 164 valence electrons. The summed E-state index contributed by atoms with van der Waals surface area (Å²) in [6.45, 7) is 4.48. The van der Waals surface area contributed by atoms with Crippen molar-refractivity contribution >= 4 is 0 Å². The number of para-hydroxylation sites is 1. The first-order valence-corrected chi connectivity index (χ1v) is 10.3. The predicted molar refractivity (Wildman–Crippen MR) is 114 cm³/mol. The van der Waals surface area contributed by atoms with E-state index in [1.54, 1.807) is 31.2 Å². The van der Waals surface area contributed by atoms with Crippen LogP contribution in [-0.2, 0) is 0 Å². The molecule has 0 fully saturated rings. The monoisotopic (exact) mass is 429 g/mol. The van der Waals surface area contributed by atoms with Gasteiger partial charge in [0.25, 0.3) is 0 Å². The van der Waals surface area contributed by atoms with Crippen molar-refractivity contribution in [3.63, 3.8) is 0 Å². The molecule has 2 aromatic carbocycles. The standard InChI is InChI=1S/C24H26F3N3O/c1-4-5-13-22-17(2)18(3)29(16-24(25,26)27)30(22)31-23-14-9-8-12-21(23)20-11-7-6-10-19(20)15-28/h6-12,14,22H,4-5,13,16H2,1-3H3. The molecule has 3 rings (SSSR count). The third-order valence-electron chi connectivity index (χ3n) is 5.54. The Morgan fingerprint density at radius 2 is 1.68 bits per heavy atom. The molecule has 0 aliphatic carbocycles. The van der Waals surface area contributed by atoms with Gasteiger partial charge in [0.15, 0.2) is 5.75 Å². The number of benzene rings is 2. The minimum atomic E-state index is -4.38. The van der Waals surface area contributed by atoms with Crippen LogP contribution in [0.25, 0.3) is 11.1 Å². The molecular formula is C24H26F3N3O. The Balaban J connectivity index is 2.01. The molecule has 31 heavy (non-hydrogen) atoms. The van der Waals surface area contributed by atoms with E-state index in [-0.39, 0.29) is 6.04 Å². The summed E-state index contributed by atoms with van der Waals surface area (Å²) in [5, 5.41) is 12.0. The van der Waals surface area contributed by atoms with E-state index in [1.165, 1.54) is 10.2 Å². The summed E-state index contributed by atoms with van der Waals surface area (Å²) in [5.41, 5.74) is 3.22. The summed E-state index contributed by atoms with van der Waals surface area (Å²) in [6.07, 6.45) is -1.89. The van der Waals surface area contributed by atoms with E-state index in [1.807, 2.05) is 38.1 Å². The van der Waals surface area contributed by atoms with Gasteiger partial charge in [-0.15, -0.1) is 0 Å². The van der Waals surface area contributed by atoms with Crippen molar-refractivity contribution in [3.8, 4) is 22.9 Å². The van der Waals surface area contributed by atoms with Gasteiger partial charge in [0.05, 0.1) is 17.7 Å². The Bertz CT molecular complexity index is 994. The Morgan fingerprint density at radius 1 is 1.03 bits per heavy atom. The van der Waals surface area contributed by atoms with Crippen LogP contribution in [-0.4, -0.2) is 28.9 Å². The average molecular weight is 429 g/mol. The second-order valence-corrected chi connectivity index (χ2v) is 7.65. The van der Waals surface area contributed by atoms with Crippen LogP contribution in [0.5, 0.6) is 5.75 Å². The normalized spacial score (nSPS) is 17.2. The van der Waals surface area contributed by atoms with E-state index in [0.717, 1.165) is 18.4 Å². The number of hydrazine groups is 1. The highest BCUT2D eigenvalue weighted by Crippen LogP contribution is 2.38. The van der Waals surface area contributed by atoms with E-state index in [0.29, 0.717) is 34.6 Å². The summed E-state index contributed by atoms with van der Waals surface area (Å²) in [5.74, 6) is 0.404. The van der Waals surface area contributed by atoms with Crippen LogP contribution in [0.15, 0.2) is 59.8 Å². The highest BCUT2D eigenvalue weighted by atomic mass is 19.4. The lowest BCUT2D eigenvalue weighted by atomic mass is 10.00. The summed E-state index contributed by atoms with van der Waals surface area (Å²) in [7, 11) is 0. The number of hydrogen-bond donors (Lipinski definition) is 0. The number of hydroxylamine groups is 1. The van der Waals surface area contributed by atoms with E-state index in [9.17, 15) is 18.4 Å². The smallest absolute Gasteiger partial charge is 0.385 e. The number of alkyl halides is 3. The second kappa shape index (κ2) is 9.44. The number of hydrogen-bond acceptors (Lipinski definition) is 4. The lowest BCUT2D eigenvalue weighted by Gasteiger charge is -2.35. The zero-order valence-corrected chi connectivity index (χ0v) is 17.9. The summed E-state index contributed by atoms with van der Waals surface area (Å²) in [6, 6.07) is 16.1. The van der Waals surface area contributed by atoms with Crippen LogP contribution in [0.4, 0.5) is 13.2 Å². The van der Waals surface area contributed by atoms with Gasteiger partial charge in [-0.2, -0.15) is 18.4 Å². The highest BCUT2D eigenvalue weighted by molar-refractivity contribution is 5.75. The molecular weight excluding hydrogens is 403 g/mol. The van der Waals surface area contributed by atoms with Crippen molar-refractivity contribution in [3.05, 3.63) is 65.4 Å². The molecule has 4 nitrogen and oxygen atoms in total. The van der Waals surface area contributed by atoms with Crippen LogP contribution in [0.3, 0.4) is 0 Å². The molecule has 0 radical (unpaired) electrons. The number of rotatable bonds is 7. The van der Waals surface area contributed by atoms with E-state index >= 15 is 0 Å². The molecule has 1 aliphatic heterocycles. The second-order valence-electron chi connectivity index (χ2n) is 7.65. The number of halogens is 3. The molecule has 1 unspecified atom stereocenters. The van der Waals surface area contributed by atoms with Gasteiger partial charge in [-0.3, -0.25) is 5.01 Å². The first-order chi connectivity index (χ1) is 14.8. The van der Waals surface area contributed by atoms with Crippen molar-refractivity contribution in [2.45, 2.75) is 52.3 Å². The summed E-state index contributed by atoms with van der Waals surface area (Å²) >= 11 is 0. The number of nitrogens with zero attached hydrogens (tertiary/aromatic N) is 3. The molecule has 1 atom stereocenters. The lowest BCUT2D eigenvalue weighted by molar-refractivity contribution is -0.250. The maximum Gasteiger partial charge on any atom is 0.407 e. The van der Waals surface area contributed by atoms with Gasteiger partial charge in [-0.25, -0.2) is 0 Å². The Hall–Kier alpha value is -2.98. The van der Waals surface area contributed by atoms with Gasteiger partial charge >= 0.3 is 6.18 Å². The molecule has 7 heteroatoms. The Morgan fingerprint density at radius 3 is 2.32 bits per heavy atom. The van der Waals surface area contributed by atoms with E-state index in [2.05, 4.69) is 6.07 Å². The molecule has 1 heterocycles. The SMILES string of the molecule is CCCCC1C(C)=C(C)N(CC(F)(F)F)N1Oc1ccccc1-c1ccccc1C#N. The molecule has 0 bridgehead atoms. The Labute approximate surface area is 181 Å². The zero-order chi connectivity index (χ0) is 22.6. The molecule has 0 saturated heterocycles. The van der Waals surface area contributed by atoms with Crippen molar-refractivity contribution in [2.24, 2.45) is 0 Å². The molecule has 0 aromatic heterocycles. The minimum absolute atomic E-state index is 0.290. The van der Waals surface area contributed by atoms with Gasteiger partial charge in [0.1, 0.15) is 6.54 Å². The molecule has 2 aromatic rings. The maximum atomic E-state index is 13.4. The van der Waals surface area contributed by atoms with E-state index in [4.69, 9.17) is 4.84 Å². The molecule has 1 aliphatic rings. The molecule has 0 N–H and O–H groups in total. The van der Waals surface area contributed by atoms with Gasteiger partial charge in [-0.05, 0) is 43.1 Å². The van der Waals surface area contributed by atoms with Gasteiger partial charge in [-0.1, -0.05) is 56.2 Å². The summed E-state index contributed by atoms with van der Waals surface area (Å²) < 4.78 is 40.1. The zero-order valence-electron chi connectivity index (χ0n) is 17.9. The van der Waals surface area contributed by atoms with Crippen molar-refractivity contribution in [2.75, 3.05) is 6.54 Å². The largest absolute Gasteiger partial charge is 0.407 e. The van der Waals surface area contributed by atoms with E-state index < -0.39 is 12.7 Å². The average Bonchev–Trinajstić information content (AvgIpc) is 2.95. The topological polar surface area (TPSA) is 39.5 Å². The molecule has 0 saturated carbocycles. The third-order valence-corrected chi connectivity index (χ3v) is 5.54. The van der Waals surface area contributed by atoms with Crippen LogP contribution in [0.1, 0.15) is 45.6 Å². The number of nitriles is 1. The quantitative estimate of drug-likeness (QED) is 0.506. The minimum Gasteiger partial charge on any atom is -0.385 e. The van der Waals surface area contributed by atoms with Crippen LogP contribution in [0.2, 0.25) is 0 Å². The van der Waals surface area contributed by atoms with Crippen LogP contribution >= 0.6 is 0 Å². The van der Waals surface area contributed by atoms with Gasteiger partial charge in [0, 0.05) is 16.8 Å². The van der Waals surface area contributed by atoms with Crippen molar-refractivity contribution in [1.82, 2.24) is 10.2 Å². The van der Waals surface area contributed by atoms with Crippen molar-refractivity contribution in [1.29, 1.82) is 5.26 Å². The Kier molecular flexibility index (Phi) is 6.91. The fourth-order valence-electron chi connectivity index (χ4n) is 3.81. The highest BCUT2D eigenvalue weighted by Gasteiger charge is 2.42. The number of allylic oxidation sites excluding steroid dienone is 1. The first kappa shape index (κ1) is 22.7. The van der Waals surface area contributed by atoms with Crippen LogP contribution < -0.4 is 4.84 Å². The maximum absolute atomic E-state index is 13.4. The fraction of sp³-hybridized carbons (Fsp3) is 0.375. The fourth-order valence-corrected chi connectivity index (χ4v) is 3.81. The molecule has 0 amide bonds.